The first-order chi connectivity index (χ1) is 8.93. The van der Waals surface area contributed by atoms with E-state index in [0.717, 1.165) is 15.8 Å². The standard InChI is InChI=1S/C12H11Br2NO2S2/c1-5-7(13)3-6(10(17-2)9(5)14)4-8-11(16)15-12(18)19-8/h3-5,9H,1-2H3,(H,15,16,18)/b8-4-. The zero-order valence-corrected chi connectivity index (χ0v) is 15.0. The number of methoxy groups -OCH3 is 1. The summed E-state index contributed by atoms with van der Waals surface area (Å²) in [5.74, 6) is 0.935. The van der Waals surface area contributed by atoms with Crippen molar-refractivity contribution in [3.63, 3.8) is 0 Å². The highest BCUT2D eigenvalue weighted by Crippen LogP contribution is 2.39. The predicted molar refractivity (Wildman–Crippen MR) is 89.3 cm³/mol. The lowest BCUT2D eigenvalue weighted by molar-refractivity contribution is -0.115. The number of ether oxygens (including phenoxy) is 1. The molecule has 2 atom stereocenters. The number of rotatable bonds is 2. The molecular formula is C12H11Br2NO2S2. The Bertz CT molecular complexity index is 540. The van der Waals surface area contributed by atoms with Crippen LogP contribution in [0.15, 0.2) is 32.9 Å². The fourth-order valence-corrected chi connectivity index (χ4v) is 4.42. The number of halogens is 2. The number of amides is 1. The third kappa shape index (κ3) is 3.15. The van der Waals surface area contributed by atoms with Gasteiger partial charge in [-0.15, -0.1) is 0 Å². The second kappa shape index (κ2) is 6.11. The average Bonchev–Trinajstić information content (AvgIpc) is 2.65. The number of nitrogens with one attached hydrogen (secondary N) is 1. The number of allylic oxidation sites excluding steroid dienone is 5. The van der Waals surface area contributed by atoms with E-state index in [2.05, 4.69) is 44.1 Å². The molecule has 0 saturated carbocycles. The number of carbonyl (C=O) groups is 1. The van der Waals surface area contributed by atoms with E-state index in [1.165, 1.54) is 11.8 Å². The Balaban J connectivity index is 2.42. The SMILES string of the molecule is COC1=C(/C=C2\SC(=S)NC2=O)C=C(Br)C(C)C1Br. The van der Waals surface area contributed by atoms with E-state index < -0.39 is 0 Å². The van der Waals surface area contributed by atoms with Crippen LogP contribution in [0.4, 0.5) is 0 Å². The quantitative estimate of drug-likeness (QED) is 0.417. The monoisotopic (exact) mass is 423 g/mol. The van der Waals surface area contributed by atoms with Crippen molar-refractivity contribution in [3.8, 4) is 0 Å². The molecule has 0 aromatic carbocycles. The first-order valence-corrected chi connectivity index (χ1v) is 8.41. The van der Waals surface area contributed by atoms with Gasteiger partial charge in [-0.25, -0.2) is 0 Å². The molecule has 1 saturated heterocycles. The Hall–Kier alpha value is -0.110. The normalized spacial score (nSPS) is 29.7. The van der Waals surface area contributed by atoms with Crippen LogP contribution in [0.1, 0.15) is 6.92 Å². The second-order valence-electron chi connectivity index (χ2n) is 4.10. The Kier molecular flexibility index (Phi) is 4.92. The maximum Gasteiger partial charge on any atom is 0.263 e. The largest absolute Gasteiger partial charge is 0.499 e. The molecule has 2 rings (SSSR count). The zero-order valence-electron chi connectivity index (χ0n) is 10.2. The summed E-state index contributed by atoms with van der Waals surface area (Å²) in [7, 11) is 1.63. The van der Waals surface area contributed by atoms with Gasteiger partial charge in [-0.05, 0) is 12.2 Å². The first-order valence-electron chi connectivity index (χ1n) is 5.48. The minimum atomic E-state index is -0.160. The Morgan fingerprint density at radius 1 is 1.58 bits per heavy atom. The van der Waals surface area contributed by atoms with E-state index in [0.29, 0.717) is 9.23 Å². The molecule has 0 bridgehead atoms. The summed E-state index contributed by atoms with van der Waals surface area (Å²) < 4.78 is 7.00. The molecule has 1 aliphatic heterocycles. The molecule has 0 radical (unpaired) electrons. The van der Waals surface area contributed by atoms with E-state index in [9.17, 15) is 4.79 Å². The van der Waals surface area contributed by atoms with Gasteiger partial charge < -0.3 is 10.1 Å². The number of hydrogen-bond acceptors (Lipinski definition) is 4. The van der Waals surface area contributed by atoms with Gasteiger partial charge in [0.2, 0.25) is 0 Å². The molecule has 1 aliphatic carbocycles. The highest BCUT2D eigenvalue weighted by Gasteiger charge is 2.29. The Morgan fingerprint density at radius 3 is 2.79 bits per heavy atom. The summed E-state index contributed by atoms with van der Waals surface area (Å²) in [6.45, 7) is 2.09. The minimum absolute atomic E-state index is 0.0742. The molecule has 19 heavy (non-hydrogen) atoms. The van der Waals surface area contributed by atoms with Crippen LogP contribution in [-0.2, 0) is 9.53 Å². The molecule has 2 aliphatic rings. The predicted octanol–water partition coefficient (Wildman–Crippen LogP) is 3.61. The van der Waals surface area contributed by atoms with Crippen LogP contribution in [0.25, 0.3) is 0 Å². The number of carbonyl (C=O) groups excluding carboxylic acids is 1. The number of hydrogen-bond donors (Lipinski definition) is 1. The molecule has 3 nitrogen and oxygen atoms in total. The molecular weight excluding hydrogens is 414 g/mol. The molecule has 7 heteroatoms. The fraction of sp³-hybridized carbons (Fsp3) is 0.333. The molecule has 1 amide bonds. The van der Waals surface area contributed by atoms with Crippen molar-refractivity contribution in [2.45, 2.75) is 11.8 Å². The Labute approximate surface area is 138 Å². The van der Waals surface area contributed by atoms with Gasteiger partial charge in [-0.3, -0.25) is 4.79 Å². The average molecular weight is 425 g/mol. The second-order valence-corrected chi connectivity index (χ2v) is 7.72. The Morgan fingerprint density at radius 2 is 2.26 bits per heavy atom. The summed E-state index contributed by atoms with van der Waals surface area (Å²) in [6, 6.07) is 0. The van der Waals surface area contributed by atoms with Gasteiger partial charge in [0.15, 0.2) is 0 Å². The molecule has 0 aromatic heterocycles. The van der Waals surface area contributed by atoms with E-state index in [4.69, 9.17) is 17.0 Å². The lowest BCUT2D eigenvalue weighted by Crippen LogP contribution is -2.21. The van der Waals surface area contributed by atoms with Crippen molar-refractivity contribution < 1.29 is 9.53 Å². The minimum Gasteiger partial charge on any atom is -0.499 e. The van der Waals surface area contributed by atoms with Gasteiger partial charge in [-0.1, -0.05) is 62.8 Å². The van der Waals surface area contributed by atoms with Crippen molar-refractivity contribution in [3.05, 3.63) is 32.9 Å². The van der Waals surface area contributed by atoms with Crippen molar-refractivity contribution in [1.29, 1.82) is 0 Å². The first kappa shape index (κ1) is 15.3. The van der Waals surface area contributed by atoms with Crippen molar-refractivity contribution in [2.75, 3.05) is 7.11 Å². The van der Waals surface area contributed by atoms with Crippen molar-refractivity contribution in [2.24, 2.45) is 5.92 Å². The molecule has 0 aromatic rings. The summed E-state index contributed by atoms with van der Waals surface area (Å²) in [5, 5.41) is 2.60. The smallest absolute Gasteiger partial charge is 0.263 e. The van der Waals surface area contributed by atoms with Crippen LogP contribution in [-0.4, -0.2) is 22.2 Å². The third-order valence-corrected chi connectivity index (χ3v) is 6.17. The van der Waals surface area contributed by atoms with Gasteiger partial charge >= 0.3 is 0 Å². The van der Waals surface area contributed by atoms with Gasteiger partial charge in [0.25, 0.3) is 5.91 Å². The maximum atomic E-state index is 11.7. The van der Waals surface area contributed by atoms with Crippen LogP contribution < -0.4 is 5.32 Å². The van der Waals surface area contributed by atoms with Gasteiger partial charge in [-0.2, -0.15) is 0 Å². The van der Waals surface area contributed by atoms with Gasteiger partial charge in [0.1, 0.15) is 10.1 Å². The van der Waals surface area contributed by atoms with E-state index >= 15 is 0 Å². The number of thiocarbonyl (C=S) groups is 1. The van der Waals surface area contributed by atoms with E-state index in [1.54, 1.807) is 13.2 Å². The van der Waals surface area contributed by atoms with Crippen LogP contribution in [0.3, 0.4) is 0 Å². The van der Waals surface area contributed by atoms with Crippen molar-refractivity contribution in [1.82, 2.24) is 5.32 Å². The fourth-order valence-electron chi connectivity index (χ4n) is 1.78. The van der Waals surface area contributed by atoms with Crippen LogP contribution >= 0.6 is 55.8 Å². The zero-order chi connectivity index (χ0) is 14.2. The lowest BCUT2D eigenvalue weighted by Gasteiger charge is -2.26. The third-order valence-electron chi connectivity index (χ3n) is 2.85. The highest BCUT2D eigenvalue weighted by atomic mass is 79.9. The molecule has 1 heterocycles. The van der Waals surface area contributed by atoms with E-state index in [-0.39, 0.29) is 16.7 Å². The summed E-state index contributed by atoms with van der Waals surface area (Å²) in [4.78, 5) is 12.3. The van der Waals surface area contributed by atoms with Crippen LogP contribution in [0.2, 0.25) is 0 Å². The lowest BCUT2D eigenvalue weighted by atomic mass is 9.96. The molecule has 1 fully saturated rings. The number of alkyl halides is 1. The molecule has 0 spiro atoms. The van der Waals surface area contributed by atoms with Gasteiger partial charge in [0.05, 0.1) is 16.8 Å². The molecule has 102 valence electrons. The summed E-state index contributed by atoms with van der Waals surface area (Å²) >= 11 is 13.4. The van der Waals surface area contributed by atoms with Crippen LogP contribution in [0.5, 0.6) is 0 Å². The van der Waals surface area contributed by atoms with Gasteiger partial charge in [0, 0.05) is 16.0 Å². The topological polar surface area (TPSA) is 38.3 Å². The molecule has 2 unspecified atom stereocenters. The van der Waals surface area contributed by atoms with E-state index in [1.807, 2.05) is 6.08 Å². The maximum absolute atomic E-state index is 11.7. The number of thioether (sulfide) groups is 1. The van der Waals surface area contributed by atoms with Crippen molar-refractivity contribution >= 4 is 66.1 Å². The molecule has 1 N–H and O–H groups in total. The van der Waals surface area contributed by atoms with Crippen LogP contribution in [0, 0.1) is 5.92 Å². The summed E-state index contributed by atoms with van der Waals surface area (Å²) in [5.41, 5.74) is 0.872. The summed E-state index contributed by atoms with van der Waals surface area (Å²) in [6.07, 6.45) is 3.78. The highest BCUT2D eigenvalue weighted by molar-refractivity contribution is 9.12.